The van der Waals surface area contributed by atoms with Gasteiger partial charge in [0.2, 0.25) is 0 Å². The van der Waals surface area contributed by atoms with Crippen LogP contribution in [0.4, 0.5) is 0 Å². The normalized spacial score (nSPS) is 13.2. The van der Waals surface area contributed by atoms with Gasteiger partial charge in [-0.05, 0) is 6.07 Å². The Balaban J connectivity index is 2.41. The number of benzene rings is 1. The second-order valence-corrected chi connectivity index (χ2v) is 3.36. The Morgan fingerprint density at radius 2 is 2.27 bits per heavy atom. The number of hydrogen-bond donors (Lipinski definition) is 2. The van der Waals surface area contributed by atoms with Crippen molar-refractivity contribution in [3.8, 4) is 0 Å². The highest BCUT2D eigenvalue weighted by Gasteiger charge is 2.14. The summed E-state index contributed by atoms with van der Waals surface area (Å²) in [7, 11) is 1.65. The lowest BCUT2D eigenvalue weighted by Crippen LogP contribution is -2.30. The van der Waals surface area contributed by atoms with Gasteiger partial charge in [-0.3, -0.25) is 11.3 Å². The van der Waals surface area contributed by atoms with E-state index in [0.717, 1.165) is 16.5 Å². The van der Waals surface area contributed by atoms with Crippen molar-refractivity contribution in [3.63, 3.8) is 0 Å². The first-order valence-electron chi connectivity index (χ1n) is 4.78. The molecule has 0 saturated heterocycles. The molecule has 1 unspecified atom stereocenters. The Morgan fingerprint density at radius 1 is 1.47 bits per heavy atom. The number of fused-ring (bicyclic) bond motifs is 1. The molecule has 1 atom stereocenters. The van der Waals surface area contributed by atoms with Crippen LogP contribution in [0.25, 0.3) is 11.0 Å². The summed E-state index contributed by atoms with van der Waals surface area (Å²) in [5, 5.41) is 1.07. The highest BCUT2D eigenvalue weighted by atomic mass is 16.5. The van der Waals surface area contributed by atoms with E-state index in [-0.39, 0.29) is 6.04 Å². The molecule has 2 rings (SSSR count). The predicted octanol–water partition coefficient (Wildman–Crippen LogP) is 1.58. The first-order chi connectivity index (χ1) is 7.36. The van der Waals surface area contributed by atoms with Crippen LogP contribution < -0.4 is 11.3 Å². The van der Waals surface area contributed by atoms with Gasteiger partial charge in [-0.15, -0.1) is 0 Å². The third-order valence-electron chi connectivity index (χ3n) is 2.42. The fourth-order valence-electron chi connectivity index (χ4n) is 1.66. The van der Waals surface area contributed by atoms with Crippen LogP contribution in [0.3, 0.4) is 0 Å². The van der Waals surface area contributed by atoms with Gasteiger partial charge in [-0.2, -0.15) is 0 Å². The molecule has 80 valence electrons. The van der Waals surface area contributed by atoms with Gasteiger partial charge in [0.15, 0.2) is 0 Å². The Morgan fingerprint density at radius 3 is 3.00 bits per heavy atom. The molecule has 0 amide bonds. The second kappa shape index (κ2) is 4.44. The topological polar surface area (TPSA) is 60.4 Å². The fourth-order valence-corrected chi connectivity index (χ4v) is 1.66. The van der Waals surface area contributed by atoms with Crippen molar-refractivity contribution in [2.24, 2.45) is 5.84 Å². The molecule has 0 aliphatic carbocycles. The van der Waals surface area contributed by atoms with Crippen molar-refractivity contribution in [1.82, 2.24) is 5.43 Å². The molecule has 1 aromatic carbocycles. The van der Waals surface area contributed by atoms with E-state index in [2.05, 4.69) is 5.43 Å². The van der Waals surface area contributed by atoms with E-state index >= 15 is 0 Å². The van der Waals surface area contributed by atoms with E-state index in [0.29, 0.717) is 6.61 Å². The summed E-state index contributed by atoms with van der Waals surface area (Å²) in [6, 6.07) is 7.81. The molecule has 0 spiro atoms. The van der Waals surface area contributed by atoms with Crippen LogP contribution in [0.5, 0.6) is 0 Å². The zero-order chi connectivity index (χ0) is 10.7. The van der Waals surface area contributed by atoms with Gasteiger partial charge in [-0.1, -0.05) is 18.2 Å². The summed E-state index contributed by atoms with van der Waals surface area (Å²) in [6.07, 6.45) is 1.72. The smallest absolute Gasteiger partial charge is 0.134 e. The minimum atomic E-state index is -0.0429. The number of nitrogens with one attached hydrogen (secondary N) is 1. The van der Waals surface area contributed by atoms with Crippen molar-refractivity contribution < 1.29 is 9.15 Å². The molecule has 2 aromatic rings. The molecule has 0 aliphatic rings. The molecule has 0 aliphatic heterocycles. The maximum absolute atomic E-state index is 5.47. The Bertz CT molecular complexity index is 439. The summed E-state index contributed by atoms with van der Waals surface area (Å²) in [4.78, 5) is 0. The number of furan rings is 1. The molecule has 1 aromatic heterocycles. The van der Waals surface area contributed by atoms with Crippen molar-refractivity contribution in [2.75, 3.05) is 13.7 Å². The molecule has 0 radical (unpaired) electrons. The molecule has 4 nitrogen and oxygen atoms in total. The predicted molar refractivity (Wildman–Crippen MR) is 58.2 cm³/mol. The molecular formula is C11H14N2O2. The van der Waals surface area contributed by atoms with Gasteiger partial charge in [0.25, 0.3) is 0 Å². The molecule has 1 heterocycles. The Hall–Kier alpha value is -1.36. The van der Waals surface area contributed by atoms with Gasteiger partial charge in [-0.25, -0.2) is 0 Å². The molecule has 0 bridgehead atoms. The van der Waals surface area contributed by atoms with Gasteiger partial charge < -0.3 is 9.15 Å². The van der Waals surface area contributed by atoms with E-state index in [1.807, 2.05) is 24.3 Å². The average Bonchev–Trinajstić information content (AvgIpc) is 2.70. The molecule has 0 saturated carbocycles. The minimum absolute atomic E-state index is 0.0429. The van der Waals surface area contributed by atoms with Gasteiger partial charge >= 0.3 is 0 Å². The zero-order valence-corrected chi connectivity index (χ0v) is 8.57. The fraction of sp³-hybridized carbons (Fsp3) is 0.273. The molecular weight excluding hydrogens is 192 g/mol. The third-order valence-corrected chi connectivity index (χ3v) is 2.42. The largest absolute Gasteiger partial charge is 0.464 e. The quantitative estimate of drug-likeness (QED) is 0.589. The maximum Gasteiger partial charge on any atom is 0.134 e. The van der Waals surface area contributed by atoms with Crippen molar-refractivity contribution in [1.29, 1.82) is 0 Å². The summed E-state index contributed by atoms with van der Waals surface area (Å²) in [5.74, 6) is 5.47. The molecule has 0 fully saturated rings. The molecule has 15 heavy (non-hydrogen) atoms. The number of rotatable bonds is 4. The lowest BCUT2D eigenvalue weighted by atomic mass is 10.1. The number of hydrogen-bond acceptors (Lipinski definition) is 4. The monoisotopic (exact) mass is 206 g/mol. The minimum Gasteiger partial charge on any atom is -0.464 e. The SMILES string of the molecule is COCC(NN)c1coc2ccccc12. The number of methoxy groups -OCH3 is 1. The highest BCUT2D eigenvalue weighted by molar-refractivity contribution is 5.81. The van der Waals surface area contributed by atoms with Gasteiger partial charge in [0.1, 0.15) is 5.58 Å². The van der Waals surface area contributed by atoms with Crippen molar-refractivity contribution >= 4 is 11.0 Å². The number of hydrazine groups is 1. The van der Waals surface area contributed by atoms with Crippen LogP contribution in [0.2, 0.25) is 0 Å². The van der Waals surface area contributed by atoms with Crippen molar-refractivity contribution in [3.05, 3.63) is 36.1 Å². The highest BCUT2D eigenvalue weighted by Crippen LogP contribution is 2.25. The van der Waals surface area contributed by atoms with Crippen LogP contribution in [0, 0.1) is 0 Å². The molecule has 3 N–H and O–H groups in total. The summed E-state index contributed by atoms with van der Waals surface area (Å²) in [6.45, 7) is 0.514. The van der Waals surface area contributed by atoms with Crippen LogP contribution in [-0.4, -0.2) is 13.7 Å². The number of para-hydroxylation sites is 1. The van der Waals surface area contributed by atoms with E-state index in [4.69, 9.17) is 15.0 Å². The molecule has 4 heteroatoms. The number of nitrogens with two attached hydrogens (primary N) is 1. The van der Waals surface area contributed by atoms with Crippen LogP contribution in [-0.2, 0) is 4.74 Å². The summed E-state index contributed by atoms with van der Waals surface area (Å²) >= 11 is 0. The lowest BCUT2D eigenvalue weighted by Gasteiger charge is -2.12. The number of ether oxygens (including phenoxy) is 1. The van der Waals surface area contributed by atoms with Gasteiger partial charge in [0.05, 0.1) is 18.9 Å². The third kappa shape index (κ3) is 1.87. The zero-order valence-electron chi connectivity index (χ0n) is 8.57. The maximum atomic E-state index is 5.47. The summed E-state index contributed by atoms with van der Waals surface area (Å²) < 4.78 is 10.5. The average molecular weight is 206 g/mol. The van der Waals surface area contributed by atoms with E-state index in [1.165, 1.54) is 0 Å². The Kier molecular flexibility index (Phi) is 3.01. The second-order valence-electron chi connectivity index (χ2n) is 3.36. The van der Waals surface area contributed by atoms with Crippen LogP contribution in [0.1, 0.15) is 11.6 Å². The van der Waals surface area contributed by atoms with Gasteiger partial charge in [0, 0.05) is 18.1 Å². The van der Waals surface area contributed by atoms with E-state index < -0.39 is 0 Å². The lowest BCUT2D eigenvalue weighted by molar-refractivity contribution is 0.167. The van der Waals surface area contributed by atoms with E-state index in [1.54, 1.807) is 13.4 Å². The van der Waals surface area contributed by atoms with Crippen molar-refractivity contribution in [2.45, 2.75) is 6.04 Å². The van der Waals surface area contributed by atoms with Crippen LogP contribution >= 0.6 is 0 Å². The first kappa shape index (κ1) is 10.2. The standard InChI is InChI=1S/C11H14N2O2/c1-14-7-10(13-12)9-6-15-11-5-3-2-4-8(9)11/h2-6,10,13H,7,12H2,1H3. The first-order valence-corrected chi connectivity index (χ1v) is 4.78. The Labute approximate surface area is 88.0 Å². The summed E-state index contributed by atoms with van der Waals surface area (Å²) in [5.41, 5.74) is 4.60. The van der Waals surface area contributed by atoms with E-state index in [9.17, 15) is 0 Å². The van der Waals surface area contributed by atoms with Crippen LogP contribution in [0.15, 0.2) is 34.9 Å².